The highest BCUT2D eigenvalue weighted by atomic mass is 19.1. The van der Waals surface area contributed by atoms with Crippen LogP contribution in [0.4, 0.5) is 4.39 Å². The van der Waals surface area contributed by atoms with Crippen molar-refractivity contribution in [1.29, 1.82) is 0 Å². The number of hydrogen-bond donors (Lipinski definition) is 3. The minimum absolute atomic E-state index is 0.263. The van der Waals surface area contributed by atoms with E-state index in [1.165, 1.54) is 0 Å². The monoisotopic (exact) mass is 424 g/mol. The summed E-state index contributed by atoms with van der Waals surface area (Å²) in [6, 6.07) is 28.7. The minimum atomic E-state index is -1.92. The molecule has 0 saturated carbocycles. The Labute approximate surface area is 180 Å². The standard InChI is InChI=1S/C25H25FO5/c26-21-20(31-24(29)23(28)22(21)27)16-30-25(17-10-4-1-5-11-17,18-12-6-2-7-13-18)19-14-8-3-9-15-19/h1-15,20-24,27-29H,16H2/t20-,21+,22-,23+,24+/m1/s1. The molecule has 6 heteroatoms. The van der Waals surface area contributed by atoms with Gasteiger partial charge >= 0.3 is 0 Å². The molecule has 1 aliphatic rings. The maximum absolute atomic E-state index is 14.7. The molecule has 0 bridgehead atoms. The topological polar surface area (TPSA) is 79.2 Å². The highest BCUT2D eigenvalue weighted by molar-refractivity contribution is 5.47. The van der Waals surface area contributed by atoms with Crippen LogP contribution in [0, 0.1) is 0 Å². The molecule has 3 N–H and O–H groups in total. The average molecular weight is 424 g/mol. The zero-order valence-electron chi connectivity index (χ0n) is 16.8. The summed E-state index contributed by atoms with van der Waals surface area (Å²) < 4.78 is 26.4. The Hall–Kier alpha value is -2.61. The zero-order chi connectivity index (χ0) is 21.8. The van der Waals surface area contributed by atoms with Crippen molar-refractivity contribution in [3.05, 3.63) is 108 Å². The summed E-state index contributed by atoms with van der Waals surface area (Å²) in [5.41, 5.74) is 1.41. The number of aliphatic hydroxyl groups is 3. The van der Waals surface area contributed by atoms with Gasteiger partial charge in [0, 0.05) is 0 Å². The van der Waals surface area contributed by atoms with Gasteiger partial charge in [0.25, 0.3) is 0 Å². The van der Waals surface area contributed by atoms with E-state index in [-0.39, 0.29) is 6.61 Å². The predicted octanol–water partition coefficient (Wildman–Crippen LogP) is 2.77. The van der Waals surface area contributed by atoms with Gasteiger partial charge in [0.15, 0.2) is 12.5 Å². The molecule has 1 fully saturated rings. The van der Waals surface area contributed by atoms with Crippen molar-refractivity contribution in [2.45, 2.75) is 36.4 Å². The second-order valence-corrected chi connectivity index (χ2v) is 7.58. The summed E-state index contributed by atoms with van der Waals surface area (Å²) in [5.74, 6) is 0. The third-order valence-electron chi connectivity index (χ3n) is 5.64. The van der Waals surface area contributed by atoms with Crippen LogP contribution in [0.5, 0.6) is 0 Å². The van der Waals surface area contributed by atoms with E-state index in [4.69, 9.17) is 9.47 Å². The molecular weight excluding hydrogens is 399 g/mol. The van der Waals surface area contributed by atoms with Gasteiger partial charge in [-0.2, -0.15) is 0 Å². The van der Waals surface area contributed by atoms with E-state index in [0.29, 0.717) is 0 Å². The summed E-state index contributed by atoms with van der Waals surface area (Å²) in [6.07, 6.45) is -8.36. The van der Waals surface area contributed by atoms with Crippen LogP contribution in [0.25, 0.3) is 0 Å². The molecule has 31 heavy (non-hydrogen) atoms. The van der Waals surface area contributed by atoms with Gasteiger partial charge in [-0.05, 0) is 16.7 Å². The molecule has 5 atom stereocenters. The van der Waals surface area contributed by atoms with E-state index in [1.54, 1.807) is 0 Å². The summed E-state index contributed by atoms with van der Waals surface area (Å²) in [5, 5.41) is 29.5. The first kappa shape index (κ1) is 21.6. The zero-order valence-corrected chi connectivity index (χ0v) is 16.8. The van der Waals surface area contributed by atoms with Gasteiger partial charge in [-0.25, -0.2) is 4.39 Å². The second kappa shape index (κ2) is 9.26. The van der Waals surface area contributed by atoms with E-state index >= 15 is 0 Å². The first-order valence-corrected chi connectivity index (χ1v) is 10.2. The van der Waals surface area contributed by atoms with Gasteiger partial charge in [-0.15, -0.1) is 0 Å². The van der Waals surface area contributed by atoms with Gasteiger partial charge < -0.3 is 24.8 Å². The Balaban J connectivity index is 1.78. The SMILES string of the molecule is O[C@H]1[C@H](O)[C@@H](O)O[C@H](COC(c2ccccc2)(c2ccccc2)c2ccccc2)[C@@H]1F. The number of hydrogen-bond acceptors (Lipinski definition) is 5. The Morgan fingerprint density at radius 2 is 1.13 bits per heavy atom. The molecule has 0 spiro atoms. The summed E-state index contributed by atoms with van der Waals surface area (Å²) >= 11 is 0. The molecular formula is C25H25FO5. The number of aliphatic hydroxyl groups excluding tert-OH is 3. The molecule has 0 amide bonds. The van der Waals surface area contributed by atoms with Crippen LogP contribution in [0.3, 0.4) is 0 Å². The van der Waals surface area contributed by atoms with Crippen molar-refractivity contribution >= 4 is 0 Å². The molecule has 162 valence electrons. The molecule has 0 aromatic heterocycles. The first-order chi connectivity index (χ1) is 15.0. The molecule has 0 unspecified atom stereocenters. The smallest absolute Gasteiger partial charge is 0.184 e. The third-order valence-corrected chi connectivity index (χ3v) is 5.64. The predicted molar refractivity (Wildman–Crippen MR) is 113 cm³/mol. The maximum atomic E-state index is 14.7. The van der Waals surface area contributed by atoms with Gasteiger partial charge in [-0.1, -0.05) is 91.0 Å². The number of rotatable bonds is 6. The summed E-state index contributed by atoms with van der Waals surface area (Å²) in [4.78, 5) is 0. The molecule has 3 aromatic carbocycles. The van der Waals surface area contributed by atoms with Gasteiger partial charge in [0.1, 0.15) is 23.9 Å². The Kier molecular flexibility index (Phi) is 6.46. The molecule has 4 rings (SSSR count). The van der Waals surface area contributed by atoms with Crippen LogP contribution < -0.4 is 0 Å². The molecule has 3 aromatic rings. The van der Waals surface area contributed by atoms with Crippen LogP contribution in [0.1, 0.15) is 16.7 Å². The Morgan fingerprint density at radius 3 is 1.55 bits per heavy atom. The summed E-state index contributed by atoms with van der Waals surface area (Å²) in [6.45, 7) is -0.263. The van der Waals surface area contributed by atoms with Crippen LogP contribution in [0.2, 0.25) is 0 Å². The van der Waals surface area contributed by atoms with Gasteiger partial charge in [0.05, 0.1) is 6.61 Å². The molecule has 5 nitrogen and oxygen atoms in total. The molecule has 1 aliphatic heterocycles. The quantitative estimate of drug-likeness (QED) is 0.531. The highest BCUT2D eigenvalue weighted by Gasteiger charge is 2.46. The Bertz CT molecular complexity index is 857. The molecule has 1 saturated heterocycles. The van der Waals surface area contributed by atoms with E-state index in [9.17, 15) is 19.7 Å². The van der Waals surface area contributed by atoms with E-state index < -0.39 is 36.4 Å². The fraction of sp³-hybridized carbons (Fsp3) is 0.280. The van der Waals surface area contributed by atoms with Crippen LogP contribution in [-0.2, 0) is 15.1 Å². The van der Waals surface area contributed by atoms with Crippen LogP contribution in [0.15, 0.2) is 91.0 Å². The minimum Gasteiger partial charge on any atom is -0.387 e. The lowest BCUT2D eigenvalue weighted by Gasteiger charge is -2.40. The van der Waals surface area contributed by atoms with Gasteiger partial charge in [-0.3, -0.25) is 0 Å². The van der Waals surface area contributed by atoms with Crippen molar-refractivity contribution < 1.29 is 29.2 Å². The molecule has 0 aliphatic carbocycles. The van der Waals surface area contributed by atoms with E-state index in [0.717, 1.165) is 16.7 Å². The normalized spacial score (nSPS) is 26.5. The van der Waals surface area contributed by atoms with Crippen LogP contribution >= 0.6 is 0 Å². The van der Waals surface area contributed by atoms with E-state index in [2.05, 4.69) is 0 Å². The van der Waals surface area contributed by atoms with Crippen molar-refractivity contribution in [1.82, 2.24) is 0 Å². The summed E-state index contributed by atoms with van der Waals surface area (Å²) in [7, 11) is 0. The average Bonchev–Trinajstić information content (AvgIpc) is 2.83. The number of benzene rings is 3. The van der Waals surface area contributed by atoms with Crippen molar-refractivity contribution in [2.24, 2.45) is 0 Å². The Morgan fingerprint density at radius 1 is 0.710 bits per heavy atom. The largest absolute Gasteiger partial charge is 0.387 e. The fourth-order valence-electron chi connectivity index (χ4n) is 4.02. The molecule has 0 radical (unpaired) electrons. The molecule has 1 heterocycles. The lowest BCUT2D eigenvalue weighted by molar-refractivity contribution is -0.280. The maximum Gasteiger partial charge on any atom is 0.184 e. The third kappa shape index (κ3) is 4.13. The lowest BCUT2D eigenvalue weighted by Crippen LogP contribution is -2.57. The lowest BCUT2D eigenvalue weighted by atomic mass is 9.80. The number of alkyl halides is 1. The number of ether oxygens (including phenoxy) is 2. The first-order valence-electron chi connectivity index (χ1n) is 10.2. The second-order valence-electron chi connectivity index (χ2n) is 7.58. The van der Waals surface area contributed by atoms with E-state index in [1.807, 2.05) is 91.0 Å². The number of halogens is 1. The van der Waals surface area contributed by atoms with Crippen molar-refractivity contribution in [3.8, 4) is 0 Å². The van der Waals surface area contributed by atoms with Crippen LogP contribution in [-0.4, -0.2) is 52.7 Å². The van der Waals surface area contributed by atoms with Crippen molar-refractivity contribution in [3.63, 3.8) is 0 Å². The van der Waals surface area contributed by atoms with Crippen molar-refractivity contribution in [2.75, 3.05) is 6.61 Å². The van der Waals surface area contributed by atoms with Gasteiger partial charge in [0.2, 0.25) is 0 Å². The highest BCUT2D eigenvalue weighted by Crippen LogP contribution is 2.41. The fourth-order valence-corrected chi connectivity index (χ4v) is 4.02.